The second kappa shape index (κ2) is 8.60. The summed E-state index contributed by atoms with van der Waals surface area (Å²) in [7, 11) is 1.52. The zero-order valence-corrected chi connectivity index (χ0v) is 14.1. The van der Waals surface area contributed by atoms with Crippen molar-refractivity contribution in [3.8, 4) is 11.9 Å². The van der Waals surface area contributed by atoms with Crippen LogP contribution in [0.25, 0.3) is 0 Å². The van der Waals surface area contributed by atoms with Gasteiger partial charge in [-0.15, -0.1) is 0 Å². The Morgan fingerprint density at radius 2 is 2.04 bits per heavy atom. The summed E-state index contributed by atoms with van der Waals surface area (Å²) < 4.78 is 5.20. The van der Waals surface area contributed by atoms with E-state index >= 15 is 0 Å². The van der Waals surface area contributed by atoms with Crippen LogP contribution in [0.4, 0.5) is 11.4 Å². The number of nitrogens with one attached hydrogen (secondary N) is 2. The first-order valence-corrected chi connectivity index (χ1v) is 8.22. The summed E-state index contributed by atoms with van der Waals surface area (Å²) >= 11 is 1.32. The first-order chi connectivity index (χ1) is 11.7. The van der Waals surface area contributed by atoms with Crippen LogP contribution in [0.2, 0.25) is 0 Å². The lowest BCUT2D eigenvalue weighted by Gasteiger charge is -2.09. The number of thioether (sulfide) groups is 1. The van der Waals surface area contributed by atoms with Gasteiger partial charge < -0.3 is 10.1 Å². The third kappa shape index (κ3) is 4.51. The second-order valence-corrected chi connectivity index (χ2v) is 5.36. The molecular formula is C17H16N4O2S. The van der Waals surface area contributed by atoms with Gasteiger partial charge in [0.2, 0.25) is 0 Å². The molecule has 6 nitrogen and oxygen atoms in total. The van der Waals surface area contributed by atoms with Crippen molar-refractivity contribution in [1.82, 2.24) is 5.32 Å². The van der Waals surface area contributed by atoms with Crippen LogP contribution in [-0.4, -0.2) is 24.4 Å². The Hall–Kier alpha value is -2.98. The van der Waals surface area contributed by atoms with Crippen molar-refractivity contribution in [2.75, 3.05) is 18.7 Å². The average molecular weight is 340 g/mol. The third-order valence-electron chi connectivity index (χ3n) is 3.04. The molecule has 1 amide bonds. The van der Waals surface area contributed by atoms with Gasteiger partial charge >= 0.3 is 0 Å². The van der Waals surface area contributed by atoms with E-state index in [2.05, 4.69) is 15.6 Å². The molecule has 0 atom stereocenters. The number of para-hydroxylation sites is 1. The second-order valence-electron chi connectivity index (χ2n) is 4.56. The van der Waals surface area contributed by atoms with E-state index in [9.17, 15) is 4.79 Å². The minimum Gasteiger partial charge on any atom is -0.496 e. The highest BCUT2D eigenvalue weighted by Gasteiger charge is 2.11. The number of methoxy groups -OCH3 is 1. The monoisotopic (exact) mass is 340 g/mol. The summed E-state index contributed by atoms with van der Waals surface area (Å²) in [5, 5.41) is 14.5. The van der Waals surface area contributed by atoms with E-state index in [0.29, 0.717) is 27.9 Å². The smallest absolute Gasteiger partial charge is 0.259 e. The predicted molar refractivity (Wildman–Crippen MR) is 96.7 cm³/mol. The van der Waals surface area contributed by atoms with Crippen molar-refractivity contribution >= 4 is 34.2 Å². The third-order valence-corrected chi connectivity index (χ3v) is 3.62. The van der Waals surface area contributed by atoms with Crippen molar-refractivity contribution in [2.24, 2.45) is 4.99 Å². The molecule has 2 aromatic rings. The van der Waals surface area contributed by atoms with Crippen molar-refractivity contribution in [3.63, 3.8) is 0 Å². The molecule has 0 radical (unpaired) electrons. The summed E-state index contributed by atoms with van der Waals surface area (Å²) in [5.41, 5.74) is 1.68. The van der Waals surface area contributed by atoms with Gasteiger partial charge in [0.1, 0.15) is 5.75 Å². The minimum absolute atomic E-state index is 0.270. The number of rotatable bonds is 4. The fourth-order valence-corrected chi connectivity index (χ4v) is 2.32. The van der Waals surface area contributed by atoms with E-state index in [1.807, 2.05) is 12.4 Å². The van der Waals surface area contributed by atoms with Crippen LogP contribution in [0.1, 0.15) is 10.4 Å². The Kier molecular flexibility index (Phi) is 6.23. The molecule has 0 saturated heterocycles. The fraction of sp³-hybridized carbons (Fsp3) is 0.118. The number of benzene rings is 2. The number of hydrogen-bond donors (Lipinski definition) is 2. The van der Waals surface area contributed by atoms with Crippen LogP contribution in [0.3, 0.4) is 0 Å². The number of nitrogens with zero attached hydrogens (tertiary/aromatic N) is 2. The number of carbonyl (C=O) groups excluding carboxylic acids is 1. The maximum atomic E-state index is 12.4. The van der Waals surface area contributed by atoms with Gasteiger partial charge in [-0.05, 0) is 36.6 Å². The topological polar surface area (TPSA) is 86.5 Å². The number of carbonyl (C=O) groups is 1. The normalized spacial score (nSPS) is 10.6. The van der Waals surface area contributed by atoms with Crippen molar-refractivity contribution < 1.29 is 9.53 Å². The van der Waals surface area contributed by atoms with Crippen LogP contribution in [0.5, 0.6) is 5.75 Å². The van der Waals surface area contributed by atoms with E-state index < -0.39 is 0 Å². The van der Waals surface area contributed by atoms with E-state index in [1.165, 1.54) is 18.9 Å². The summed E-state index contributed by atoms with van der Waals surface area (Å²) in [6.45, 7) is 0. The van der Waals surface area contributed by atoms with Gasteiger partial charge in [-0.3, -0.25) is 10.1 Å². The molecule has 0 aromatic heterocycles. The standard InChI is InChI=1S/C17H16N4O2S/c1-23-15-9-4-3-8-14(15)16(22)20-12-6-5-7-13(10-12)21-17(24-2)19-11-18/h3-10H,1-2H3,(H,19,21)(H,20,22). The molecule has 0 aliphatic carbocycles. The predicted octanol–water partition coefficient (Wildman–Crippen LogP) is 3.37. The quantitative estimate of drug-likeness (QED) is 0.386. The first kappa shape index (κ1) is 17.4. The molecule has 2 aromatic carbocycles. The lowest BCUT2D eigenvalue weighted by atomic mass is 10.2. The molecule has 2 N–H and O–H groups in total. The number of aliphatic imine (C=N–C) groups is 1. The lowest BCUT2D eigenvalue weighted by Crippen LogP contribution is -2.13. The maximum Gasteiger partial charge on any atom is 0.259 e. The molecule has 0 aliphatic rings. The Balaban J connectivity index is 2.20. The van der Waals surface area contributed by atoms with Gasteiger partial charge in [-0.1, -0.05) is 30.0 Å². The lowest BCUT2D eigenvalue weighted by molar-refractivity contribution is 0.102. The SMILES string of the molecule is COc1ccccc1C(=O)Nc1cccc(N=C(NC#N)SC)c1. The van der Waals surface area contributed by atoms with Gasteiger partial charge in [0, 0.05) is 5.69 Å². The number of amides is 1. The van der Waals surface area contributed by atoms with Crippen LogP contribution >= 0.6 is 11.8 Å². The molecule has 0 heterocycles. The molecule has 7 heteroatoms. The van der Waals surface area contributed by atoms with Crippen molar-refractivity contribution in [3.05, 3.63) is 54.1 Å². The zero-order valence-electron chi connectivity index (χ0n) is 13.2. The van der Waals surface area contributed by atoms with E-state index in [1.54, 1.807) is 48.5 Å². The molecule has 0 bridgehead atoms. The van der Waals surface area contributed by atoms with Crippen molar-refractivity contribution in [2.45, 2.75) is 0 Å². The van der Waals surface area contributed by atoms with Crippen LogP contribution in [0.15, 0.2) is 53.5 Å². The summed E-state index contributed by atoms with van der Waals surface area (Å²) in [4.78, 5) is 16.7. The van der Waals surface area contributed by atoms with E-state index in [4.69, 9.17) is 10.00 Å². The van der Waals surface area contributed by atoms with Gasteiger partial charge in [0.15, 0.2) is 11.4 Å². The summed E-state index contributed by atoms with van der Waals surface area (Å²) in [5.74, 6) is 0.237. The molecule has 0 aliphatic heterocycles. The Morgan fingerprint density at radius 1 is 1.25 bits per heavy atom. The van der Waals surface area contributed by atoms with Crippen LogP contribution in [0, 0.1) is 11.5 Å². The molecule has 0 unspecified atom stereocenters. The number of hydrogen-bond acceptors (Lipinski definition) is 5. The summed E-state index contributed by atoms with van der Waals surface area (Å²) in [6, 6.07) is 14.1. The highest BCUT2D eigenvalue weighted by atomic mass is 32.2. The molecule has 24 heavy (non-hydrogen) atoms. The molecule has 0 fully saturated rings. The average Bonchev–Trinajstić information content (AvgIpc) is 2.61. The number of anilines is 1. The number of amidine groups is 1. The highest BCUT2D eigenvalue weighted by Crippen LogP contribution is 2.22. The van der Waals surface area contributed by atoms with Gasteiger partial charge in [-0.25, -0.2) is 4.99 Å². The number of nitriles is 1. The fourth-order valence-electron chi connectivity index (χ4n) is 1.97. The Morgan fingerprint density at radius 3 is 2.75 bits per heavy atom. The Bertz CT molecular complexity index is 799. The molecule has 122 valence electrons. The minimum atomic E-state index is -0.270. The van der Waals surface area contributed by atoms with E-state index in [-0.39, 0.29) is 5.91 Å². The highest BCUT2D eigenvalue weighted by molar-refractivity contribution is 8.13. The maximum absolute atomic E-state index is 12.4. The molecule has 0 spiro atoms. The van der Waals surface area contributed by atoms with Gasteiger partial charge in [0.05, 0.1) is 18.4 Å². The van der Waals surface area contributed by atoms with E-state index in [0.717, 1.165) is 0 Å². The van der Waals surface area contributed by atoms with Crippen LogP contribution < -0.4 is 15.4 Å². The molecular weight excluding hydrogens is 324 g/mol. The largest absolute Gasteiger partial charge is 0.496 e. The van der Waals surface area contributed by atoms with Gasteiger partial charge in [-0.2, -0.15) is 5.26 Å². The van der Waals surface area contributed by atoms with Crippen LogP contribution in [-0.2, 0) is 0 Å². The first-order valence-electron chi connectivity index (χ1n) is 7.00. The zero-order chi connectivity index (χ0) is 17.4. The molecule has 2 rings (SSSR count). The van der Waals surface area contributed by atoms with Gasteiger partial charge in [0.25, 0.3) is 5.91 Å². The Labute approximate surface area is 144 Å². The van der Waals surface area contributed by atoms with Crippen molar-refractivity contribution in [1.29, 1.82) is 5.26 Å². The number of ether oxygens (including phenoxy) is 1. The molecule has 0 saturated carbocycles. The summed E-state index contributed by atoms with van der Waals surface area (Å²) in [6.07, 6.45) is 3.65.